The van der Waals surface area contributed by atoms with Crippen LogP contribution in [0.4, 0.5) is 0 Å². The molecule has 2 rings (SSSR count). The predicted octanol–water partition coefficient (Wildman–Crippen LogP) is 6.96. The molecule has 1 aromatic heterocycles. The van der Waals surface area contributed by atoms with E-state index in [1.54, 1.807) is 11.3 Å². The van der Waals surface area contributed by atoms with E-state index in [0.717, 1.165) is 14.7 Å². The first-order valence-corrected chi connectivity index (χ1v) is 9.47. The summed E-state index contributed by atoms with van der Waals surface area (Å²) in [5, 5.41) is 0. The Balaban J connectivity index is 2.17. The Hall–Kier alpha value is 0.360. The fourth-order valence-corrected chi connectivity index (χ4v) is 4.76. The fourth-order valence-electron chi connectivity index (χ4n) is 1.95. The lowest BCUT2D eigenvalue weighted by molar-refractivity contribution is 0.647. The Morgan fingerprint density at radius 1 is 1.11 bits per heavy atom. The van der Waals surface area contributed by atoms with Crippen LogP contribution in [0.5, 0.6) is 0 Å². The second-order valence-electron chi connectivity index (χ2n) is 4.97. The number of alkyl halides is 1. The van der Waals surface area contributed by atoms with Gasteiger partial charge in [-0.05, 0) is 61.4 Å². The van der Waals surface area contributed by atoms with Crippen molar-refractivity contribution in [2.45, 2.75) is 25.1 Å². The first-order chi connectivity index (χ1) is 8.97. The molecular formula is C15H15Br3S. The molecule has 0 bridgehead atoms. The monoisotopic (exact) mass is 464 g/mol. The maximum atomic E-state index is 3.79. The highest BCUT2D eigenvalue weighted by Gasteiger charge is 2.15. The van der Waals surface area contributed by atoms with Gasteiger partial charge in [-0.15, -0.1) is 11.3 Å². The summed E-state index contributed by atoms with van der Waals surface area (Å²) in [5.74, 6) is 0.704. The highest BCUT2D eigenvalue weighted by Crippen LogP contribution is 2.41. The van der Waals surface area contributed by atoms with Gasteiger partial charge >= 0.3 is 0 Å². The third-order valence-corrected chi connectivity index (χ3v) is 7.48. The van der Waals surface area contributed by atoms with Gasteiger partial charge in [0, 0.05) is 9.35 Å². The molecule has 0 nitrogen and oxygen atoms in total. The Morgan fingerprint density at radius 3 is 2.21 bits per heavy atom. The minimum Gasteiger partial charge on any atom is -0.131 e. The summed E-state index contributed by atoms with van der Waals surface area (Å²) in [6.07, 6.45) is 1.14. The SMILES string of the molecule is CC(C)Cc1ccc(C(Br)c2cc(Br)c(Br)s2)cc1. The lowest BCUT2D eigenvalue weighted by Gasteiger charge is -2.10. The maximum Gasteiger partial charge on any atom is 0.0843 e. The molecule has 0 aliphatic rings. The number of hydrogen-bond acceptors (Lipinski definition) is 1. The number of rotatable bonds is 4. The van der Waals surface area contributed by atoms with Crippen LogP contribution in [0.3, 0.4) is 0 Å². The standard InChI is InChI=1S/C15H15Br3S/c1-9(2)7-10-3-5-11(6-4-10)14(17)13-8-12(16)15(18)19-13/h3-6,8-9,14H,7H2,1-2H3. The van der Waals surface area contributed by atoms with E-state index >= 15 is 0 Å². The molecule has 0 saturated heterocycles. The van der Waals surface area contributed by atoms with Crippen molar-refractivity contribution in [3.05, 3.63) is 54.6 Å². The smallest absolute Gasteiger partial charge is 0.0843 e. The van der Waals surface area contributed by atoms with Crippen LogP contribution in [-0.2, 0) is 6.42 Å². The molecule has 102 valence electrons. The van der Waals surface area contributed by atoms with Crippen molar-refractivity contribution in [2.75, 3.05) is 0 Å². The van der Waals surface area contributed by atoms with E-state index in [1.165, 1.54) is 16.0 Å². The minimum atomic E-state index is 0.258. The van der Waals surface area contributed by atoms with E-state index in [4.69, 9.17) is 0 Å². The van der Waals surface area contributed by atoms with Gasteiger partial charge < -0.3 is 0 Å². The third kappa shape index (κ3) is 4.16. The topological polar surface area (TPSA) is 0 Å². The van der Waals surface area contributed by atoms with E-state index in [1.807, 2.05) is 0 Å². The Morgan fingerprint density at radius 2 is 1.74 bits per heavy atom. The molecular weight excluding hydrogens is 452 g/mol. The molecule has 0 spiro atoms. The van der Waals surface area contributed by atoms with Gasteiger partial charge in [-0.2, -0.15) is 0 Å². The molecule has 4 heteroatoms. The van der Waals surface area contributed by atoms with Crippen LogP contribution in [0.1, 0.15) is 34.7 Å². The van der Waals surface area contributed by atoms with Gasteiger partial charge in [0.2, 0.25) is 0 Å². The van der Waals surface area contributed by atoms with Crippen LogP contribution in [0.25, 0.3) is 0 Å². The average Bonchev–Trinajstić information content (AvgIpc) is 2.69. The molecule has 0 fully saturated rings. The van der Waals surface area contributed by atoms with E-state index in [-0.39, 0.29) is 4.83 Å². The largest absolute Gasteiger partial charge is 0.131 e. The van der Waals surface area contributed by atoms with Gasteiger partial charge in [-0.3, -0.25) is 0 Å². The number of halogens is 3. The summed E-state index contributed by atoms with van der Waals surface area (Å²) in [5.41, 5.74) is 2.71. The zero-order valence-electron chi connectivity index (χ0n) is 10.8. The molecule has 0 saturated carbocycles. The van der Waals surface area contributed by atoms with Gasteiger partial charge in [-0.1, -0.05) is 54.0 Å². The van der Waals surface area contributed by atoms with Gasteiger partial charge in [-0.25, -0.2) is 0 Å². The Bertz CT molecular complexity index is 524. The molecule has 19 heavy (non-hydrogen) atoms. The first-order valence-electron chi connectivity index (χ1n) is 6.15. The average molecular weight is 467 g/mol. The zero-order chi connectivity index (χ0) is 14.0. The Labute approximate surface area is 144 Å². The molecule has 1 heterocycles. The van der Waals surface area contributed by atoms with Crippen LogP contribution in [0.15, 0.2) is 38.6 Å². The second kappa shape index (κ2) is 6.88. The van der Waals surface area contributed by atoms with Crippen molar-refractivity contribution >= 4 is 59.1 Å². The van der Waals surface area contributed by atoms with Crippen molar-refractivity contribution in [1.29, 1.82) is 0 Å². The highest BCUT2D eigenvalue weighted by atomic mass is 79.9. The van der Waals surface area contributed by atoms with Crippen LogP contribution in [0.2, 0.25) is 0 Å². The highest BCUT2D eigenvalue weighted by molar-refractivity contribution is 9.13. The molecule has 1 unspecified atom stereocenters. The van der Waals surface area contributed by atoms with Gasteiger partial charge in [0.25, 0.3) is 0 Å². The summed E-state index contributed by atoms with van der Waals surface area (Å²) in [6, 6.07) is 11.1. The Kier molecular flexibility index (Phi) is 5.70. The summed E-state index contributed by atoms with van der Waals surface area (Å²) in [7, 11) is 0. The van der Waals surface area contributed by atoms with Crippen molar-refractivity contribution in [3.63, 3.8) is 0 Å². The van der Waals surface area contributed by atoms with E-state index in [0.29, 0.717) is 5.92 Å². The van der Waals surface area contributed by atoms with Gasteiger partial charge in [0.05, 0.1) is 8.61 Å². The lowest BCUT2D eigenvalue weighted by Crippen LogP contribution is -1.95. The van der Waals surface area contributed by atoms with Crippen molar-refractivity contribution in [1.82, 2.24) is 0 Å². The van der Waals surface area contributed by atoms with Crippen LogP contribution >= 0.6 is 59.1 Å². The fraction of sp³-hybridized carbons (Fsp3) is 0.333. The summed E-state index contributed by atoms with van der Waals surface area (Å²) in [4.78, 5) is 1.56. The predicted molar refractivity (Wildman–Crippen MR) is 95.5 cm³/mol. The van der Waals surface area contributed by atoms with Crippen molar-refractivity contribution < 1.29 is 0 Å². The quantitative estimate of drug-likeness (QED) is 0.427. The molecule has 1 atom stereocenters. The van der Waals surface area contributed by atoms with Crippen LogP contribution in [-0.4, -0.2) is 0 Å². The number of thiophene rings is 1. The third-order valence-electron chi connectivity index (χ3n) is 2.83. The van der Waals surface area contributed by atoms with E-state index < -0.39 is 0 Å². The van der Waals surface area contributed by atoms with Gasteiger partial charge in [0.1, 0.15) is 0 Å². The normalized spacial score (nSPS) is 12.9. The van der Waals surface area contributed by atoms with Crippen molar-refractivity contribution in [3.8, 4) is 0 Å². The number of benzene rings is 1. The van der Waals surface area contributed by atoms with E-state index in [2.05, 4.69) is 92.0 Å². The summed E-state index contributed by atoms with van der Waals surface area (Å²) < 4.78 is 2.26. The molecule has 0 aliphatic carbocycles. The molecule has 1 aromatic carbocycles. The molecule has 0 radical (unpaired) electrons. The maximum absolute atomic E-state index is 3.79. The molecule has 0 aliphatic heterocycles. The van der Waals surface area contributed by atoms with Crippen LogP contribution < -0.4 is 0 Å². The molecule has 0 N–H and O–H groups in total. The minimum absolute atomic E-state index is 0.258. The lowest BCUT2D eigenvalue weighted by atomic mass is 10.0. The second-order valence-corrected chi connectivity index (χ2v) is 9.14. The van der Waals surface area contributed by atoms with Gasteiger partial charge in [0.15, 0.2) is 0 Å². The number of hydrogen-bond donors (Lipinski definition) is 0. The van der Waals surface area contributed by atoms with Crippen molar-refractivity contribution in [2.24, 2.45) is 5.92 Å². The summed E-state index contributed by atoms with van der Waals surface area (Å²) >= 11 is 12.6. The van der Waals surface area contributed by atoms with E-state index in [9.17, 15) is 0 Å². The summed E-state index contributed by atoms with van der Waals surface area (Å²) in [6.45, 7) is 4.50. The zero-order valence-corrected chi connectivity index (χ0v) is 16.4. The molecule has 2 aromatic rings. The first kappa shape index (κ1) is 15.7. The molecule has 0 amide bonds. The van der Waals surface area contributed by atoms with Crippen LogP contribution in [0, 0.1) is 5.92 Å².